The first-order valence-corrected chi connectivity index (χ1v) is 6.17. The minimum Gasteiger partial charge on any atom is -0.494 e. The molecule has 0 radical (unpaired) electrons. The Morgan fingerprint density at radius 2 is 2.12 bits per heavy atom. The number of nitrogens with zero attached hydrogens (tertiary/aromatic N) is 1. The normalized spacial score (nSPS) is 10.1. The van der Waals surface area contributed by atoms with E-state index in [2.05, 4.69) is 6.92 Å². The Bertz CT molecular complexity index is 363. The molecule has 0 spiro atoms. The first kappa shape index (κ1) is 13.6. The second kappa shape index (κ2) is 6.94. The number of hydrogen-bond donors (Lipinski definition) is 0. The van der Waals surface area contributed by atoms with E-state index in [1.54, 1.807) is 11.0 Å². The van der Waals surface area contributed by atoms with Gasteiger partial charge in [-0.3, -0.25) is 4.79 Å². The smallest absolute Gasteiger partial charge is 0.253 e. The predicted molar refractivity (Wildman–Crippen MR) is 69.5 cm³/mol. The third-order valence-corrected chi connectivity index (χ3v) is 2.59. The van der Waals surface area contributed by atoms with Crippen molar-refractivity contribution in [2.24, 2.45) is 0 Å². The van der Waals surface area contributed by atoms with Gasteiger partial charge in [0.1, 0.15) is 5.75 Å². The van der Waals surface area contributed by atoms with Gasteiger partial charge in [-0.1, -0.05) is 19.4 Å². The van der Waals surface area contributed by atoms with Crippen molar-refractivity contribution in [2.75, 3.05) is 20.2 Å². The highest BCUT2D eigenvalue weighted by atomic mass is 16.5. The van der Waals surface area contributed by atoms with Crippen LogP contribution in [0.25, 0.3) is 0 Å². The summed E-state index contributed by atoms with van der Waals surface area (Å²) in [6.45, 7) is 5.47. The number of carbonyl (C=O) groups is 1. The van der Waals surface area contributed by atoms with Crippen molar-refractivity contribution in [3.63, 3.8) is 0 Å². The van der Waals surface area contributed by atoms with Gasteiger partial charge < -0.3 is 9.64 Å². The molecule has 0 aliphatic heterocycles. The average Bonchev–Trinajstić information content (AvgIpc) is 2.35. The third kappa shape index (κ3) is 4.10. The maximum atomic E-state index is 12.1. The van der Waals surface area contributed by atoms with E-state index in [4.69, 9.17) is 4.74 Å². The van der Waals surface area contributed by atoms with E-state index < -0.39 is 0 Å². The number of hydrogen-bond acceptors (Lipinski definition) is 2. The SMILES string of the molecule is CCCCN(C)C(=O)c1cccc(OCC)c1. The van der Waals surface area contributed by atoms with Gasteiger partial charge in [-0.25, -0.2) is 0 Å². The molecule has 0 saturated carbocycles. The topological polar surface area (TPSA) is 29.5 Å². The van der Waals surface area contributed by atoms with Crippen LogP contribution in [0, 0.1) is 0 Å². The zero-order valence-electron chi connectivity index (χ0n) is 10.9. The zero-order valence-corrected chi connectivity index (χ0v) is 10.9. The van der Waals surface area contributed by atoms with E-state index in [0.29, 0.717) is 12.2 Å². The van der Waals surface area contributed by atoms with Gasteiger partial charge in [0.15, 0.2) is 0 Å². The largest absolute Gasteiger partial charge is 0.494 e. The Kier molecular flexibility index (Phi) is 5.53. The average molecular weight is 235 g/mol. The fourth-order valence-corrected chi connectivity index (χ4v) is 1.60. The highest BCUT2D eigenvalue weighted by Crippen LogP contribution is 2.14. The Morgan fingerprint density at radius 3 is 2.76 bits per heavy atom. The third-order valence-electron chi connectivity index (χ3n) is 2.59. The Hall–Kier alpha value is -1.51. The van der Waals surface area contributed by atoms with Gasteiger partial charge in [0.05, 0.1) is 6.61 Å². The monoisotopic (exact) mass is 235 g/mol. The maximum Gasteiger partial charge on any atom is 0.253 e. The minimum absolute atomic E-state index is 0.0556. The molecule has 0 aliphatic rings. The summed E-state index contributed by atoms with van der Waals surface area (Å²) < 4.78 is 5.39. The summed E-state index contributed by atoms with van der Waals surface area (Å²) >= 11 is 0. The quantitative estimate of drug-likeness (QED) is 0.758. The van der Waals surface area contributed by atoms with Gasteiger partial charge in [0, 0.05) is 19.2 Å². The second-order valence-electron chi connectivity index (χ2n) is 4.04. The van der Waals surface area contributed by atoms with Crippen LogP contribution in [0.1, 0.15) is 37.0 Å². The maximum absolute atomic E-state index is 12.1. The fraction of sp³-hybridized carbons (Fsp3) is 0.500. The molecule has 0 unspecified atom stereocenters. The Balaban J connectivity index is 2.70. The van der Waals surface area contributed by atoms with E-state index in [1.165, 1.54) is 0 Å². The molecule has 1 rings (SSSR count). The van der Waals surface area contributed by atoms with Crippen LogP contribution in [0.15, 0.2) is 24.3 Å². The first-order valence-electron chi connectivity index (χ1n) is 6.17. The van der Waals surface area contributed by atoms with Gasteiger partial charge in [-0.05, 0) is 31.5 Å². The molecule has 1 amide bonds. The summed E-state index contributed by atoms with van der Waals surface area (Å²) in [7, 11) is 1.84. The number of benzene rings is 1. The van der Waals surface area contributed by atoms with Crippen molar-refractivity contribution >= 4 is 5.91 Å². The molecular weight excluding hydrogens is 214 g/mol. The van der Waals surface area contributed by atoms with E-state index in [-0.39, 0.29) is 5.91 Å². The minimum atomic E-state index is 0.0556. The van der Waals surface area contributed by atoms with Gasteiger partial charge >= 0.3 is 0 Å². The molecule has 0 atom stereocenters. The lowest BCUT2D eigenvalue weighted by Crippen LogP contribution is -2.27. The standard InChI is InChI=1S/C14H21NO2/c1-4-6-10-15(3)14(16)12-8-7-9-13(11-12)17-5-2/h7-9,11H,4-6,10H2,1-3H3. The molecule has 0 bridgehead atoms. The molecule has 0 aromatic heterocycles. The second-order valence-corrected chi connectivity index (χ2v) is 4.04. The van der Waals surface area contributed by atoms with Gasteiger partial charge in [-0.2, -0.15) is 0 Å². The van der Waals surface area contributed by atoms with E-state index >= 15 is 0 Å². The lowest BCUT2D eigenvalue weighted by molar-refractivity contribution is 0.0793. The molecule has 0 heterocycles. The number of carbonyl (C=O) groups excluding carboxylic acids is 1. The summed E-state index contributed by atoms with van der Waals surface area (Å²) in [5.74, 6) is 0.808. The molecule has 94 valence electrons. The molecule has 1 aromatic rings. The number of unbranched alkanes of at least 4 members (excludes halogenated alkanes) is 1. The highest BCUT2D eigenvalue weighted by Gasteiger charge is 2.11. The van der Waals surface area contributed by atoms with Crippen LogP contribution >= 0.6 is 0 Å². The molecule has 0 aliphatic carbocycles. The van der Waals surface area contributed by atoms with Crippen LogP contribution in [-0.2, 0) is 0 Å². The number of rotatable bonds is 6. The van der Waals surface area contributed by atoms with E-state index in [1.807, 2.05) is 32.2 Å². The van der Waals surface area contributed by atoms with Crippen LogP contribution in [-0.4, -0.2) is 31.0 Å². The van der Waals surface area contributed by atoms with Crippen molar-refractivity contribution in [3.05, 3.63) is 29.8 Å². The highest BCUT2D eigenvalue weighted by molar-refractivity contribution is 5.94. The molecule has 0 fully saturated rings. The van der Waals surface area contributed by atoms with Gasteiger partial charge in [0.2, 0.25) is 0 Å². The van der Waals surface area contributed by atoms with Crippen LogP contribution < -0.4 is 4.74 Å². The summed E-state index contributed by atoms with van der Waals surface area (Å²) in [6, 6.07) is 7.35. The zero-order chi connectivity index (χ0) is 12.7. The molecule has 17 heavy (non-hydrogen) atoms. The molecule has 0 saturated heterocycles. The van der Waals surface area contributed by atoms with Crippen molar-refractivity contribution < 1.29 is 9.53 Å². The van der Waals surface area contributed by atoms with Crippen LogP contribution in [0.3, 0.4) is 0 Å². The summed E-state index contributed by atoms with van der Waals surface area (Å²) in [6.07, 6.45) is 2.13. The van der Waals surface area contributed by atoms with Gasteiger partial charge in [0.25, 0.3) is 5.91 Å². The van der Waals surface area contributed by atoms with Gasteiger partial charge in [-0.15, -0.1) is 0 Å². The molecule has 3 heteroatoms. The summed E-state index contributed by atoms with van der Waals surface area (Å²) in [5.41, 5.74) is 0.689. The summed E-state index contributed by atoms with van der Waals surface area (Å²) in [5, 5.41) is 0. The van der Waals surface area contributed by atoms with Crippen LogP contribution in [0.5, 0.6) is 5.75 Å². The molecule has 3 nitrogen and oxygen atoms in total. The van der Waals surface area contributed by atoms with E-state index in [9.17, 15) is 4.79 Å². The molecule has 0 N–H and O–H groups in total. The number of ether oxygens (including phenoxy) is 1. The number of amides is 1. The van der Waals surface area contributed by atoms with Crippen LogP contribution in [0.2, 0.25) is 0 Å². The van der Waals surface area contributed by atoms with Crippen molar-refractivity contribution in [3.8, 4) is 5.75 Å². The van der Waals surface area contributed by atoms with Crippen LogP contribution in [0.4, 0.5) is 0 Å². The molecular formula is C14H21NO2. The Labute approximate surface area is 103 Å². The van der Waals surface area contributed by atoms with Crippen molar-refractivity contribution in [2.45, 2.75) is 26.7 Å². The Morgan fingerprint density at radius 1 is 1.35 bits per heavy atom. The predicted octanol–water partition coefficient (Wildman–Crippen LogP) is 2.96. The lowest BCUT2D eigenvalue weighted by atomic mass is 10.2. The van der Waals surface area contributed by atoms with E-state index in [0.717, 1.165) is 25.1 Å². The molecule has 1 aromatic carbocycles. The van der Waals surface area contributed by atoms with Crippen molar-refractivity contribution in [1.29, 1.82) is 0 Å². The lowest BCUT2D eigenvalue weighted by Gasteiger charge is -2.17. The first-order chi connectivity index (χ1) is 8.19. The summed E-state index contributed by atoms with van der Waals surface area (Å²) in [4.78, 5) is 13.8. The fourth-order valence-electron chi connectivity index (χ4n) is 1.60. The van der Waals surface area contributed by atoms with Crippen molar-refractivity contribution in [1.82, 2.24) is 4.90 Å².